The molecule has 36 heavy (non-hydrogen) atoms. The number of carbonyl (C=O) groups is 4. The first kappa shape index (κ1) is 28.5. The molecule has 2 rings (SSSR count). The molecule has 0 aliphatic rings. The molecule has 0 aromatic heterocycles. The predicted octanol–water partition coefficient (Wildman–Crippen LogP) is -0.301. The van der Waals surface area contributed by atoms with Gasteiger partial charge >= 0.3 is 5.97 Å². The second-order valence-corrected chi connectivity index (χ2v) is 8.59. The first-order valence-corrected chi connectivity index (χ1v) is 11.7. The first-order chi connectivity index (χ1) is 17.0. The number of hydrogen-bond acceptors (Lipinski definition) is 8. The van der Waals surface area contributed by atoms with Crippen LogP contribution < -0.4 is 21.7 Å². The van der Waals surface area contributed by atoms with Crippen molar-refractivity contribution >= 4 is 36.3 Å². The molecule has 0 radical (unpaired) electrons. The topological polar surface area (TPSA) is 191 Å². The third kappa shape index (κ3) is 8.78. The van der Waals surface area contributed by atoms with E-state index in [1.807, 2.05) is 0 Å². The monoisotopic (exact) mass is 518 g/mol. The van der Waals surface area contributed by atoms with Gasteiger partial charge in [-0.1, -0.05) is 24.3 Å². The summed E-state index contributed by atoms with van der Waals surface area (Å²) in [6, 6.07) is 7.63. The SMILES string of the molecule is CC(NC(=O)C(N)Cc1ccc(O)cc1)C(=O)NC(CS)C(=O)NC(Cc1ccc(O)cc1)C(=O)O. The van der Waals surface area contributed by atoms with Crippen LogP contribution in [0.2, 0.25) is 0 Å². The summed E-state index contributed by atoms with van der Waals surface area (Å²) in [5, 5.41) is 35.5. The van der Waals surface area contributed by atoms with Gasteiger partial charge in [-0.2, -0.15) is 12.6 Å². The van der Waals surface area contributed by atoms with Gasteiger partial charge in [-0.25, -0.2) is 4.79 Å². The first-order valence-electron chi connectivity index (χ1n) is 11.1. The van der Waals surface area contributed by atoms with Crippen LogP contribution in [0.25, 0.3) is 0 Å². The van der Waals surface area contributed by atoms with E-state index < -0.39 is 47.9 Å². The van der Waals surface area contributed by atoms with E-state index in [0.717, 1.165) is 5.56 Å². The maximum Gasteiger partial charge on any atom is 0.326 e. The van der Waals surface area contributed by atoms with Crippen LogP contribution in [0.1, 0.15) is 18.1 Å². The molecular weight excluding hydrogens is 488 g/mol. The number of aromatic hydroxyl groups is 2. The van der Waals surface area contributed by atoms with E-state index in [0.29, 0.717) is 5.56 Å². The van der Waals surface area contributed by atoms with Crippen LogP contribution in [0.15, 0.2) is 48.5 Å². The fourth-order valence-electron chi connectivity index (χ4n) is 3.20. The van der Waals surface area contributed by atoms with E-state index in [-0.39, 0.29) is 30.1 Å². The highest BCUT2D eigenvalue weighted by molar-refractivity contribution is 7.80. The Morgan fingerprint density at radius 1 is 0.778 bits per heavy atom. The average molecular weight is 519 g/mol. The van der Waals surface area contributed by atoms with Gasteiger partial charge in [0.25, 0.3) is 0 Å². The van der Waals surface area contributed by atoms with Crippen molar-refractivity contribution in [2.75, 3.05) is 5.75 Å². The standard InChI is InChI=1S/C24H30N4O7S/c1-13(26-22(32)18(25)10-14-2-6-16(29)7-3-14)21(31)28-20(12-36)23(33)27-19(24(34)35)11-15-4-8-17(30)9-5-15/h2-9,13,18-20,29-30,36H,10-12,25H2,1H3,(H,26,32)(H,27,33)(H,28,31)(H,34,35). The molecular formula is C24H30N4O7S. The van der Waals surface area contributed by atoms with Gasteiger partial charge < -0.3 is 37.0 Å². The van der Waals surface area contributed by atoms with E-state index in [1.165, 1.54) is 43.3 Å². The summed E-state index contributed by atoms with van der Waals surface area (Å²) < 4.78 is 0. The minimum Gasteiger partial charge on any atom is -0.508 e. The highest BCUT2D eigenvalue weighted by Crippen LogP contribution is 2.12. The van der Waals surface area contributed by atoms with Crippen molar-refractivity contribution in [1.82, 2.24) is 16.0 Å². The molecule has 8 N–H and O–H groups in total. The Hall–Kier alpha value is -3.77. The third-order valence-electron chi connectivity index (χ3n) is 5.29. The van der Waals surface area contributed by atoms with Crippen LogP contribution in [0.4, 0.5) is 0 Å². The van der Waals surface area contributed by atoms with Gasteiger partial charge in [0.1, 0.15) is 29.6 Å². The van der Waals surface area contributed by atoms with E-state index in [9.17, 15) is 34.5 Å². The smallest absolute Gasteiger partial charge is 0.326 e. The molecule has 2 aromatic rings. The number of aliphatic carboxylic acids is 1. The number of benzene rings is 2. The van der Waals surface area contributed by atoms with Crippen molar-refractivity contribution in [2.45, 2.75) is 43.9 Å². The second kappa shape index (κ2) is 13.4. The van der Waals surface area contributed by atoms with E-state index >= 15 is 0 Å². The summed E-state index contributed by atoms with van der Waals surface area (Å²) in [7, 11) is 0. The van der Waals surface area contributed by atoms with Crippen molar-refractivity contribution in [3.8, 4) is 11.5 Å². The molecule has 4 atom stereocenters. The Labute approximate surface area is 213 Å². The molecule has 0 aliphatic carbocycles. The number of carbonyl (C=O) groups excluding carboxylic acids is 3. The van der Waals surface area contributed by atoms with E-state index in [1.54, 1.807) is 12.1 Å². The molecule has 4 unspecified atom stereocenters. The molecule has 0 heterocycles. The molecule has 0 aliphatic heterocycles. The zero-order chi connectivity index (χ0) is 26.8. The molecule has 0 saturated carbocycles. The Morgan fingerprint density at radius 3 is 1.72 bits per heavy atom. The number of phenolic OH excluding ortho intramolecular Hbond substituents is 2. The van der Waals surface area contributed by atoms with Crippen molar-refractivity contribution < 1.29 is 34.5 Å². The predicted molar refractivity (Wildman–Crippen MR) is 135 cm³/mol. The number of hydrogen-bond donors (Lipinski definition) is 8. The zero-order valence-corrected chi connectivity index (χ0v) is 20.4. The van der Waals surface area contributed by atoms with Crippen LogP contribution in [0, 0.1) is 0 Å². The summed E-state index contributed by atoms with van der Waals surface area (Å²) in [4.78, 5) is 49.2. The third-order valence-corrected chi connectivity index (χ3v) is 5.65. The molecule has 3 amide bonds. The van der Waals surface area contributed by atoms with Gasteiger partial charge in [0.05, 0.1) is 6.04 Å². The second-order valence-electron chi connectivity index (χ2n) is 8.22. The Balaban J connectivity index is 1.91. The number of thiol groups is 1. The number of rotatable bonds is 12. The quantitative estimate of drug-likeness (QED) is 0.176. The average Bonchev–Trinajstić information content (AvgIpc) is 2.84. The number of nitrogens with one attached hydrogen (secondary N) is 3. The summed E-state index contributed by atoms with van der Waals surface area (Å²) in [6.45, 7) is 1.42. The zero-order valence-electron chi connectivity index (χ0n) is 19.5. The fraction of sp³-hybridized carbons (Fsp3) is 0.333. The molecule has 0 fully saturated rings. The van der Waals surface area contributed by atoms with Gasteiger partial charge in [0, 0.05) is 12.2 Å². The van der Waals surface area contributed by atoms with Crippen LogP contribution in [-0.2, 0) is 32.0 Å². The number of amides is 3. The van der Waals surface area contributed by atoms with Gasteiger partial charge in [-0.3, -0.25) is 14.4 Å². The Kier molecular flexibility index (Phi) is 10.6. The summed E-state index contributed by atoms with van der Waals surface area (Å²) >= 11 is 4.07. The Morgan fingerprint density at radius 2 is 1.25 bits per heavy atom. The molecule has 2 aromatic carbocycles. The number of nitrogens with two attached hydrogens (primary N) is 1. The maximum absolute atomic E-state index is 12.6. The van der Waals surface area contributed by atoms with Crippen molar-refractivity contribution in [3.63, 3.8) is 0 Å². The minimum absolute atomic E-state index is 0.0232. The fourth-order valence-corrected chi connectivity index (χ4v) is 3.45. The number of phenols is 2. The van der Waals surface area contributed by atoms with Crippen LogP contribution in [-0.4, -0.2) is 68.9 Å². The van der Waals surface area contributed by atoms with E-state index in [4.69, 9.17) is 5.73 Å². The minimum atomic E-state index is -1.28. The summed E-state index contributed by atoms with van der Waals surface area (Å²) in [5.41, 5.74) is 7.21. The molecule has 11 nitrogen and oxygen atoms in total. The van der Waals surface area contributed by atoms with Crippen molar-refractivity contribution in [2.24, 2.45) is 5.73 Å². The molecule has 0 saturated heterocycles. The lowest BCUT2D eigenvalue weighted by Gasteiger charge is -2.23. The lowest BCUT2D eigenvalue weighted by atomic mass is 10.1. The van der Waals surface area contributed by atoms with Gasteiger partial charge in [0.15, 0.2) is 0 Å². The molecule has 12 heteroatoms. The highest BCUT2D eigenvalue weighted by atomic mass is 32.1. The lowest BCUT2D eigenvalue weighted by molar-refractivity contribution is -0.142. The molecule has 0 bridgehead atoms. The maximum atomic E-state index is 12.6. The molecule has 0 spiro atoms. The van der Waals surface area contributed by atoms with E-state index in [2.05, 4.69) is 28.6 Å². The number of carboxylic acid groups (broad SMARTS) is 1. The summed E-state index contributed by atoms with van der Waals surface area (Å²) in [5.74, 6) is -3.31. The van der Waals surface area contributed by atoms with Gasteiger partial charge in [-0.05, 0) is 48.7 Å². The lowest BCUT2D eigenvalue weighted by Crippen LogP contribution is -2.57. The van der Waals surface area contributed by atoms with Crippen LogP contribution in [0.5, 0.6) is 11.5 Å². The highest BCUT2D eigenvalue weighted by Gasteiger charge is 2.28. The molecule has 194 valence electrons. The Bertz CT molecular complexity index is 1060. The normalized spacial score (nSPS) is 14.1. The van der Waals surface area contributed by atoms with Gasteiger partial charge in [-0.15, -0.1) is 0 Å². The van der Waals surface area contributed by atoms with Crippen molar-refractivity contribution in [3.05, 3.63) is 59.7 Å². The van der Waals surface area contributed by atoms with Crippen molar-refractivity contribution in [1.29, 1.82) is 0 Å². The summed E-state index contributed by atoms with van der Waals surface area (Å²) in [6.07, 6.45) is 0.139. The largest absolute Gasteiger partial charge is 0.508 e. The van der Waals surface area contributed by atoms with Gasteiger partial charge in [0.2, 0.25) is 17.7 Å². The van der Waals surface area contributed by atoms with Crippen LogP contribution >= 0.6 is 12.6 Å². The number of carboxylic acids is 1. The van der Waals surface area contributed by atoms with Crippen LogP contribution in [0.3, 0.4) is 0 Å².